The first-order chi connectivity index (χ1) is 8.75. The molecule has 0 aliphatic heterocycles. The van der Waals surface area contributed by atoms with Gasteiger partial charge in [0.05, 0.1) is 17.8 Å². The highest BCUT2D eigenvalue weighted by atomic mass is 32.1. The molecule has 104 valence electrons. The molecule has 1 aromatic rings. The molecular weight excluding hydrogens is 262 g/mol. The molecule has 1 heterocycles. The van der Waals surface area contributed by atoms with Crippen LogP contribution in [0.15, 0.2) is 0 Å². The molecule has 0 fully saturated rings. The summed E-state index contributed by atoms with van der Waals surface area (Å²) in [6.45, 7) is 3.93. The Kier molecular flexibility index (Phi) is 4.77. The third kappa shape index (κ3) is 3.37. The Balaban J connectivity index is 3.17. The molecule has 7 heteroatoms. The van der Waals surface area contributed by atoms with Crippen molar-refractivity contribution >= 4 is 28.9 Å². The van der Waals surface area contributed by atoms with Crippen LogP contribution in [0.2, 0.25) is 0 Å². The molecular formula is C12H19N5OS. The van der Waals surface area contributed by atoms with E-state index in [1.165, 1.54) is 4.90 Å². The maximum atomic E-state index is 11.7. The monoisotopic (exact) mass is 281 g/mol. The largest absolute Gasteiger partial charge is 0.389 e. The van der Waals surface area contributed by atoms with Gasteiger partial charge in [-0.15, -0.1) is 5.10 Å². The van der Waals surface area contributed by atoms with Crippen molar-refractivity contribution in [2.45, 2.75) is 13.8 Å². The zero-order valence-electron chi connectivity index (χ0n) is 11.9. The van der Waals surface area contributed by atoms with Gasteiger partial charge in [-0.2, -0.15) is 5.10 Å². The Morgan fingerprint density at radius 1 is 1.26 bits per heavy atom. The molecule has 0 radical (unpaired) electrons. The van der Waals surface area contributed by atoms with E-state index in [4.69, 9.17) is 18.0 Å². The second kappa shape index (κ2) is 5.92. The lowest BCUT2D eigenvalue weighted by molar-refractivity contribution is -0.127. The van der Waals surface area contributed by atoms with Crippen molar-refractivity contribution in [2.75, 3.05) is 32.6 Å². The van der Waals surface area contributed by atoms with E-state index in [-0.39, 0.29) is 17.4 Å². The summed E-state index contributed by atoms with van der Waals surface area (Å²) in [5.74, 6) is 0.502. The van der Waals surface area contributed by atoms with E-state index in [1.54, 1.807) is 26.0 Å². The fourth-order valence-electron chi connectivity index (χ4n) is 1.58. The van der Waals surface area contributed by atoms with Gasteiger partial charge in [-0.1, -0.05) is 12.2 Å². The van der Waals surface area contributed by atoms with E-state index in [1.807, 2.05) is 13.8 Å². The van der Waals surface area contributed by atoms with Crippen molar-refractivity contribution in [3.63, 3.8) is 0 Å². The summed E-state index contributed by atoms with van der Waals surface area (Å²) >= 11 is 5.07. The number of likely N-dealkylation sites (N-methyl/N-ethyl adjacent to an activating group) is 2. The molecule has 0 aromatic carbocycles. The van der Waals surface area contributed by atoms with E-state index in [0.29, 0.717) is 11.4 Å². The molecule has 0 unspecified atom stereocenters. The average molecular weight is 281 g/mol. The van der Waals surface area contributed by atoms with Crippen LogP contribution >= 0.6 is 12.2 Å². The maximum Gasteiger partial charge on any atom is 0.241 e. The molecule has 6 nitrogen and oxygen atoms in total. The number of amides is 1. The highest BCUT2D eigenvalue weighted by molar-refractivity contribution is 7.80. The first-order valence-electron chi connectivity index (χ1n) is 5.80. The number of nitrogens with zero attached hydrogens (tertiary/aromatic N) is 4. The lowest BCUT2D eigenvalue weighted by atomic mass is 10.1. The molecule has 1 amide bonds. The highest BCUT2D eigenvalue weighted by Gasteiger charge is 2.19. The molecule has 0 spiro atoms. The minimum atomic E-state index is -0.0311. The van der Waals surface area contributed by atoms with Crippen LogP contribution in [0.3, 0.4) is 0 Å². The van der Waals surface area contributed by atoms with Gasteiger partial charge in [0.15, 0.2) is 5.82 Å². The summed E-state index contributed by atoms with van der Waals surface area (Å²) in [5.41, 5.74) is 8.10. The van der Waals surface area contributed by atoms with Crippen molar-refractivity contribution in [2.24, 2.45) is 5.73 Å². The zero-order valence-corrected chi connectivity index (χ0v) is 12.7. The van der Waals surface area contributed by atoms with Crippen LogP contribution < -0.4 is 10.6 Å². The van der Waals surface area contributed by atoms with E-state index in [2.05, 4.69) is 10.2 Å². The van der Waals surface area contributed by atoms with Crippen molar-refractivity contribution in [3.8, 4) is 0 Å². The molecule has 19 heavy (non-hydrogen) atoms. The van der Waals surface area contributed by atoms with Gasteiger partial charge in [-0.05, 0) is 19.4 Å². The third-order valence-corrected chi connectivity index (χ3v) is 3.12. The SMILES string of the molecule is Cc1nnc(N(C)CC(=O)N(C)C)c(C(N)=S)c1C. The minimum absolute atomic E-state index is 0.0311. The molecule has 1 rings (SSSR count). The maximum absolute atomic E-state index is 11.7. The van der Waals surface area contributed by atoms with Gasteiger partial charge < -0.3 is 15.5 Å². The summed E-state index contributed by atoms with van der Waals surface area (Å²) in [5, 5.41) is 8.17. The summed E-state index contributed by atoms with van der Waals surface area (Å²) in [6, 6.07) is 0. The van der Waals surface area contributed by atoms with Gasteiger partial charge in [0.2, 0.25) is 5.91 Å². The third-order valence-electron chi connectivity index (χ3n) is 2.92. The van der Waals surface area contributed by atoms with Crippen LogP contribution in [-0.2, 0) is 4.79 Å². The second-order valence-corrected chi connectivity index (χ2v) is 5.06. The average Bonchev–Trinajstić information content (AvgIpc) is 2.31. The van der Waals surface area contributed by atoms with Gasteiger partial charge in [-0.25, -0.2) is 0 Å². The Hall–Kier alpha value is -1.76. The van der Waals surface area contributed by atoms with E-state index >= 15 is 0 Å². The van der Waals surface area contributed by atoms with Gasteiger partial charge in [0.25, 0.3) is 0 Å². The lowest BCUT2D eigenvalue weighted by Crippen LogP contribution is -2.36. The number of carbonyl (C=O) groups is 1. The number of hydrogen-bond donors (Lipinski definition) is 1. The van der Waals surface area contributed by atoms with Crippen LogP contribution in [-0.4, -0.2) is 53.7 Å². The second-order valence-electron chi connectivity index (χ2n) is 4.62. The number of rotatable bonds is 4. The Bertz CT molecular complexity index is 515. The normalized spacial score (nSPS) is 10.2. The Morgan fingerprint density at radius 3 is 2.32 bits per heavy atom. The van der Waals surface area contributed by atoms with Gasteiger partial charge >= 0.3 is 0 Å². The van der Waals surface area contributed by atoms with Gasteiger partial charge in [0, 0.05) is 21.1 Å². The Labute approximate surface area is 118 Å². The number of carbonyl (C=O) groups excluding carboxylic acids is 1. The first-order valence-corrected chi connectivity index (χ1v) is 6.21. The molecule has 0 saturated heterocycles. The van der Waals surface area contributed by atoms with E-state index in [0.717, 1.165) is 11.3 Å². The number of thiocarbonyl (C=S) groups is 1. The van der Waals surface area contributed by atoms with E-state index < -0.39 is 0 Å². The molecule has 1 aromatic heterocycles. The lowest BCUT2D eigenvalue weighted by Gasteiger charge is -2.22. The Morgan fingerprint density at radius 2 is 1.84 bits per heavy atom. The van der Waals surface area contributed by atoms with E-state index in [9.17, 15) is 4.79 Å². The minimum Gasteiger partial charge on any atom is -0.389 e. The van der Waals surface area contributed by atoms with Gasteiger partial charge in [0.1, 0.15) is 4.99 Å². The fraction of sp³-hybridized carbons (Fsp3) is 0.500. The molecule has 0 aliphatic rings. The summed E-state index contributed by atoms with van der Waals surface area (Å²) in [4.78, 5) is 15.2. The van der Waals surface area contributed by atoms with Gasteiger partial charge in [-0.3, -0.25) is 4.79 Å². The summed E-state index contributed by atoms with van der Waals surface area (Å²) in [6.07, 6.45) is 0. The highest BCUT2D eigenvalue weighted by Crippen LogP contribution is 2.21. The van der Waals surface area contributed by atoms with Crippen molar-refractivity contribution in [1.82, 2.24) is 15.1 Å². The summed E-state index contributed by atoms with van der Waals surface area (Å²) < 4.78 is 0. The van der Waals surface area contributed by atoms with Crippen LogP contribution in [0, 0.1) is 13.8 Å². The molecule has 2 N–H and O–H groups in total. The van der Waals surface area contributed by atoms with Crippen LogP contribution in [0.25, 0.3) is 0 Å². The van der Waals surface area contributed by atoms with Crippen molar-refractivity contribution < 1.29 is 4.79 Å². The quantitative estimate of drug-likeness (QED) is 0.798. The predicted octanol–water partition coefficient (Wildman–Crippen LogP) is 0.252. The first kappa shape index (κ1) is 15.3. The molecule has 0 saturated carbocycles. The van der Waals surface area contributed by atoms with Crippen LogP contribution in [0.4, 0.5) is 5.82 Å². The number of aryl methyl sites for hydroxylation is 1. The smallest absolute Gasteiger partial charge is 0.241 e. The van der Waals surface area contributed by atoms with Crippen LogP contribution in [0.5, 0.6) is 0 Å². The van der Waals surface area contributed by atoms with Crippen molar-refractivity contribution in [1.29, 1.82) is 0 Å². The standard InChI is InChI=1S/C12H19N5OS/c1-7-8(2)14-15-12(10(7)11(13)19)17(5)6-9(18)16(3)4/h6H2,1-5H3,(H2,13,19). The zero-order chi connectivity index (χ0) is 14.7. The number of aromatic nitrogens is 2. The topological polar surface area (TPSA) is 75.4 Å². The predicted molar refractivity (Wildman–Crippen MR) is 79.4 cm³/mol. The summed E-state index contributed by atoms with van der Waals surface area (Å²) in [7, 11) is 5.18. The number of hydrogen-bond acceptors (Lipinski definition) is 5. The molecule has 0 atom stereocenters. The number of nitrogens with two attached hydrogens (primary N) is 1. The fourth-order valence-corrected chi connectivity index (χ4v) is 1.82. The molecule has 0 aliphatic carbocycles. The number of anilines is 1. The van der Waals surface area contributed by atoms with Crippen molar-refractivity contribution in [3.05, 3.63) is 16.8 Å². The molecule has 0 bridgehead atoms. The van der Waals surface area contributed by atoms with Crippen LogP contribution in [0.1, 0.15) is 16.8 Å².